The fourth-order valence-corrected chi connectivity index (χ4v) is 2.83. The smallest absolute Gasteiger partial charge is 0.461 e. The maximum Gasteiger partial charge on any atom is 0.573 e. The van der Waals surface area contributed by atoms with Crippen molar-refractivity contribution in [3.05, 3.63) is 53.9 Å². The van der Waals surface area contributed by atoms with Crippen LogP contribution in [0.1, 0.15) is 23.0 Å². The van der Waals surface area contributed by atoms with Gasteiger partial charge in [0.1, 0.15) is 18.0 Å². The summed E-state index contributed by atoms with van der Waals surface area (Å²) in [4.78, 5) is 42.8. The second kappa shape index (κ2) is 8.39. The molecule has 30 heavy (non-hydrogen) atoms. The fourth-order valence-electron chi connectivity index (χ4n) is 2.83. The normalized spacial score (nSPS) is 14.3. The van der Waals surface area contributed by atoms with Crippen LogP contribution in [0, 0.1) is 0 Å². The van der Waals surface area contributed by atoms with E-state index in [0.717, 1.165) is 17.0 Å². The lowest BCUT2D eigenvalue weighted by molar-refractivity contribution is -0.274. The van der Waals surface area contributed by atoms with Gasteiger partial charge in [0, 0.05) is 12.7 Å². The number of urea groups is 1. The number of carbonyl (C=O) groups excluding carboxylic acids is 3. The second-order valence-electron chi connectivity index (χ2n) is 6.18. The fraction of sp³-hybridized carbons (Fsp3) is 0.263. The van der Waals surface area contributed by atoms with Crippen molar-refractivity contribution in [3.8, 4) is 5.75 Å². The molecule has 1 aliphatic rings. The Hall–Kier alpha value is -3.63. The number of amides is 3. The van der Waals surface area contributed by atoms with E-state index in [1.807, 2.05) is 0 Å². The molecular weight excluding hydrogens is 407 g/mol. The highest BCUT2D eigenvalue weighted by Gasteiger charge is 2.37. The summed E-state index contributed by atoms with van der Waals surface area (Å²) in [7, 11) is 0. The Morgan fingerprint density at radius 3 is 2.50 bits per heavy atom. The average Bonchev–Trinajstić information content (AvgIpc) is 2.95. The van der Waals surface area contributed by atoms with E-state index in [1.54, 1.807) is 13.0 Å². The first-order valence-corrected chi connectivity index (χ1v) is 8.77. The van der Waals surface area contributed by atoms with Crippen molar-refractivity contribution in [2.24, 2.45) is 0 Å². The second-order valence-corrected chi connectivity index (χ2v) is 6.18. The lowest BCUT2D eigenvalue weighted by atomic mass is 10.2. The first-order chi connectivity index (χ1) is 14.2. The van der Waals surface area contributed by atoms with Gasteiger partial charge in [0.25, 0.3) is 5.91 Å². The molecule has 2 heterocycles. The number of esters is 1. The Morgan fingerprint density at radius 2 is 1.87 bits per heavy atom. The topological polar surface area (TPSA) is 89.0 Å². The zero-order valence-corrected chi connectivity index (χ0v) is 15.7. The van der Waals surface area contributed by atoms with Gasteiger partial charge in [-0.3, -0.25) is 4.79 Å². The lowest BCUT2D eigenvalue weighted by Crippen LogP contribution is -2.32. The molecular formula is C19H16F3N3O5. The molecule has 0 atom stereocenters. The molecule has 1 fully saturated rings. The molecule has 11 heteroatoms. The molecule has 1 aromatic heterocycles. The summed E-state index contributed by atoms with van der Waals surface area (Å²) in [6.45, 7) is 1.65. The monoisotopic (exact) mass is 423 g/mol. The average molecular weight is 423 g/mol. The minimum absolute atomic E-state index is 0.0330. The van der Waals surface area contributed by atoms with E-state index >= 15 is 0 Å². The molecule has 158 valence electrons. The molecule has 0 aliphatic carbocycles. The number of carbonyl (C=O) groups is 3. The molecule has 0 spiro atoms. The quantitative estimate of drug-likeness (QED) is 0.524. The predicted molar refractivity (Wildman–Crippen MR) is 96.6 cm³/mol. The number of rotatable bonds is 6. The van der Waals surface area contributed by atoms with Gasteiger partial charge in [0.05, 0.1) is 12.3 Å². The van der Waals surface area contributed by atoms with Gasteiger partial charge < -0.3 is 14.4 Å². The number of ether oxygens (including phenoxy) is 2. The van der Waals surface area contributed by atoms with E-state index in [2.05, 4.69) is 9.72 Å². The number of hydrogen-bond acceptors (Lipinski definition) is 6. The van der Waals surface area contributed by atoms with Crippen LogP contribution in [0.3, 0.4) is 0 Å². The van der Waals surface area contributed by atoms with Crippen LogP contribution in [0.25, 0.3) is 0 Å². The van der Waals surface area contributed by atoms with Gasteiger partial charge in [0.15, 0.2) is 0 Å². The third-order valence-corrected chi connectivity index (χ3v) is 4.05. The molecule has 0 radical (unpaired) electrons. The number of anilines is 1. The summed E-state index contributed by atoms with van der Waals surface area (Å²) in [6, 6.07) is 6.81. The Balaban J connectivity index is 1.72. The highest BCUT2D eigenvalue weighted by molar-refractivity contribution is 6.19. The van der Waals surface area contributed by atoms with Gasteiger partial charge in [-0.25, -0.2) is 19.5 Å². The van der Waals surface area contributed by atoms with Crippen LogP contribution in [-0.4, -0.2) is 47.3 Å². The maximum absolute atomic E-state index is 12.7. The number of nitrogens with zero attached hydrogens (tertiary/aromatic N) is 3. The minimum atomic E-state index is -4.84. The first-order valence-electron chi connectivity index (χ1n) is 8.77. The third kappa shape index (κ3) is 4.85. The highest BCUT2D eigenvalue weighted by Crippen LogP contribution is 2.28. The summed E-state index contributed by atoms with van der Waals surface area (Å²) in [6.07, 6.45) is -3.45. The van der Waals surface area contributed by atoms with Gasteiger partial charge in [-0.05, 0) is 48.9 Å². The minimum Gasteiger partial charge on any atom is -0.461 e. The van der Waals surface area contributed by atoms with Crippen molar-refractivity contribution in [1.29, 1.82) is 0 Å². The largest absolute Gasteiger partial charge is 0.573 e. The van der Waals surface area contributed by atoms with Crippen LogP contribution in [0.15, 0.2) is 42.6 Å². The number of benzene rings is 1. The lowest BCUT2D eigenvalue weighted by Gasteiger charge is -2.18. The summed E-state index contributed by atoms with van der Waals surface area (Å²) in [5, 5.41) is 0. The van der Waals surface area contributed by atoms with Gasteiger partial charge in [0.2, 0.25) is 0 Å². The Labute approximate surface area is 168 Å². The molecule has 0 bridgehead atoms. The van der Waals surface area contributed by atoms with Crippen molar-refractivity contribution in [2.45, 2.75) is 19.8 Å². The van der Waals surface area contributed by atoms with E-state index in [4.69, 9.17) is 4.74 Å². The number of hydrogen-bond donors (Lipinski definition) is 0. The van der Waals surface area contributed by atoms with Crippen LogP contribution in [0.2, 0.25) is 0 Å². The van der Waals surface area contributed by atoms with Crippen molar-refractivity contribution in [1.82, 2.24) is 9.88 Å². The summed E-state index contributed by atoms with van der Waals surface area (Å²) < 4.78 is 45.5. The Kier molecular flexibility index (Phi) is 5.90. The molecule has 3 amide bonds. The SMILES string of the molecule is CCOC(=O)c1cc(CN2CC(=O)N(c3ccc(OC(F)(F)F)cc3)C2=O)ccn1. The van der Waals surface area contributed by atoms with E-state index < -0.39 is 30.0 Å². The molecule has 8 nitrogen and oxygen atoms in total. The summed E-state index contributed by atoms with van der Waals surface area (Å²) in [5.74, 6) is -1.61. The van der Waals surface area contributed by atoms with Gasteiger partial charge in [-0.2, -0.15) is 0 Å². The van der Waals surface area contributed by atoms with Gasteiger partial charge >= 0.3 is 18.4 Å². The highest BCUT2D eigenvalue weighted by atomic mass is 19.4. The number of alkyl halides is 3. The van der Waals surface area contributed by atoms with Gasteiger partial charge in [-0.15, -0.1) is 13.2 Å². The van der Waals surface area contributed by atoms with Crippen molar-refractivity contribution in [3.63, 3.8) is 0 Å². The van der Waals surface area contributed by atoms with Crippen LogP contribution in [0.5, 0.6) is 5.75 Å². The van der Waals surface area contributed by atoms with E-state index in [0.29, 0.717) is 5.56 Å². The molecule has 2 aromatic rings. The molecule has 1 saturated heterocycles. The zero-order chi connectivity index (χ0) is 21.9. The molecule has 3 rings (SSSR count). The van der Waals surface area contributed by atoms with Crippen molar-refractivity contribution in [2.75, 3.05) is 18.1 Å². The molecule has 0 N–H and O–H groups in total. The van der Waals surface area contributed by atoms with E-state index in [1.165, 1.54) is 29.3 Å². The molecule has 0 unspecified atom stereocenters. The number of imide groups is 1. The molecule has 0 saturated carbocycles. The number of pyridine rings is 1. The Bertz CT molecular complexity index is 963. The zero-order valence-electron chi connectivity index (χ0n) is 15.7. The van der Waals surface area contributed by atoms with Crippen LogP contribution < -0.4 is 9.64 Å². The third-order valence-electron chi connectivity index (χ3n) is 4.05. The first kappa shape index (κ1) is 21.1. The Morgan fingerprint density at radius 1 is 1.17 bits per heavy atom. The van der Waals surface area contributed by atoms with Gasteiger partial charge in [-0.1, -0.05) is 0 Å². The summed E-state index contributed by atoms with van der Waals surface area (Å²) >= 11 is 0. The summed E-state index contributed by atoms with van der Waals surface area (Å²) in [5.41, 5.74) is 0.748. The molecule has 1 aromatic carbocycles. The van der Waals surface area contributed by atoms with E-state index in [9.17, 15) is 27.6 Å². The van der Waals surface area contributed by atoms with Crippen molar-refractivity contribution >= 4 is 23.6 Å². The number of halogens is 3. The predicted octanol–water partition coefficient (Wildman–Crippen LogP) is 3.13. The van der Waals surface area contributed by atoms with Crippen LogP contribution in [-0.2, 0) is 16.1 Å². The number of aromatic nitrogens is 1. The van der Waals surface area contributed by atoms with Crippen molar-refractivity contribution < 1.29 is 37.0 Å². The van der Waals surface area contributed by atoms with Crippen LogP contribution in [0.4, 0.5) is 23.7 Å². The van der Waals surface area contributed by atoms with Crippen LogP contribution >= 0.6 is 0 Å². The standard InChI is InChI=1S/C19H16F3N3O5/c1-2-29-17(27)15-9-12(7-8-23-15)10-24-11-16(26)25(18(24)28)13-3-5-14(6-4-13)30-19(20,21)22/h3-9H,2,10-11H2,1H3. The maximum atomic E-state index is 12.7. The van der Waals surface area contributed by atoms with E-state index in [-0.39, 0.29) is 31.1 Å². The molecule has 1 aliphatic heterocycles.